The fourth-order valence-electron chi connectivity index (χ4n) is 1.61. The molecule has 3 heteroatoms. The van der Waals surface area contributed by atoms with Crippen LogP contribution in [-0.4, -0.2) is 17.2 Å². The van der Waals surface area contributed by atoms with Gasteiger partial charge in [0.25, 0.3) is 0 Å². The second-order valence-corrected chi connectivity index (χ2v) is 4.10. The van der Waals surface area contributed by atoms with Crippen molar-refractivity contribution < 1.29 is 4.79 Å². The largest absolute Gasteiger partial charge is 0.366 e. The van der Waals surface area contributed by atoms with E-state index in [2.05, 4.69) is 0 Å². The van der Waals surface area contributed by atoms with Gasteiger partial charge < -0.3 is 4.90 Å². The van der Waals surface area contributed by atoms with Gasteiger partial charge in [0, 0.05) is 18.0 Å². The van der Waals surface area contributed by atoms with Gasteiger partial charge >= 0.3 is 0 Å². The second-order valence-electron chi connectivity index (χ2n) is 3.66. The van der Waals surface area contributed by atoms with Gasteiger partial charge in [-0.3, -0.25) is 4.79 Å². The minimum Gasteiger partial charge on any atom is -0.366 e. The molecular formula is C12H12ClNO. The Morgan fingerprint density at radius 1 is 1.27 bits per heavy atom. The molecule has 78 valence electrons. The summed E-state index contributed by atoms with van der Waals surface area (Å²) in [6.07, 6.45) is 4.45. The molecule has 1 aromatic rings. The molecule has 0 N–H and O–H groups in total. The topological polar surface area (TPSA) is 20.3 Å². The lowest BCUT2D eigenvalue weighted by molar-refractivity contribution is -0.119. The number of carbonyl (C=O) groups is 1. The lowest BCUT2D eigenvalue weighted by atomic mass is 10.1. The van der Waals surface area contributed by atoms with Crippen molar-refractivity contribution in [2.45, 2.75) is 13.0 Å². The summed E-state index contributed by atoms with van der Waals surface area (Å²) in [7, 11) is 0. The van der Waals surface area contributed by atoms with Crippen molar-refractivity contribution in [3.05, 3.63) is 47.1 Å². The Hall–Kier alpha value is -1.28. The Labute approximate surface area is 94.2 Å². The van der Waals surface area contributed by atoms with Crippen molar-refractivity contribution in [1.29, 1.82) is 0 Å². The molecule has 1 aliphatic rings. The Bertz CT molecular complexity index is 383. The highest BCUT2D eigenvalue weighted by Gasteiger charge is 2.10. The van der Waals surface area contributed by atoms with Gasteiger partial charge in [0.15, 0.2) is 5.78 Å². The van der Waals surface area contributed by atoms with Gasteiger partial charge in [0.1, 0.15) is 0 Å². The van der Waals surface area contributed by atoms with Crippen molar-refractivity contribution in [1.82, 2.24) is 4.90 Å². The molecule has 0 aliphatic carbocycles. The van der Waals surface area contributed by atoms with Crippen LogP contribution in [0.4, 0.5) is 0 Å². The number of halogens is 1. The van der Waals surface area contributed by atoms with Crippen LogP contribution in [0.2, 0.25) is 5.02 Å². The van der Waals surface area contributed by atoms with E-state index in [4.69, 9.17) is 11.6 Å². The summed E-state index contributed by atoms with van der Waals surface area (Å²) in [6.45, 7) is 1.28. The average Bonchev–Trinajstić information content (AvgIpc) is 2.22. The van der Waals surface area contributed by atoms with Crippen molar-refractivity contribution in [2.75, 3.05) is 6.54 Å². The van der Waals surface area contributed by atoms with Crippen LogP contribution in [0.3, 0.4) is 0 Å². The molecular weight excluding hydrogens is 210 g/mol. The van der Waals surface area contributed by atoms with Gasteiger partial charge in [-0.05, 0) is 23.9 Å². The molecule has 0 unspecified atom stereocenters. The molecule has 0 saturated carbocycles. The second kappa shape index (κ2) is 4.49. The first kappa shape index (κ1) is 10.2. The van der Waals surface area contributed by atoms with Gasteiger partial charge in [-0.15, -0.1) is 0 Å². The fraction of sp³-hybridized carbons (Fsp3) is 0.250. The minimum absolute atomic E-state index is 0.270. The van der Waals surface area contributed by atoms with Crippen LogP contribution >= 0.6 is 11.6 Å². The van der Waals surface area contributed by atoms with Crippen molar-refractivity contribution in [2.24, 2.45) is 0 Å². The molecule has 0 bridgehead atoms. The fourth-order valence-corrected chi connectivity index (χ4v) is 1.74. The average molecular weight is 222 g/mol. The zero-order chi connectivity index (χ0) is 10.7. The lowest BCUT2D eigenvalue weighted by Crippen LogP contribution is -2.27. The minimum atomic E-state index is 0.270. The highest BCUT2D eigenvalue weighted by molar-refractivity contribution is 6.30. The Kier molecular flexibility index (Phi) is 3.07. The zero-order valence-electron chi connectivity index (χ0n) is 8.32. The summed E-state index contributed by atoms with van der Waals surface area (Å²) < 4.78 is 0. The number of nitrogens with zero attached hydrogens (tertiary/aromatic N) is 1. The third-order valence-electron chi connectivity index (χ3n) is 2.34. The van der Waals surface area contributed by atoms with Crippen LogP contribution in [0.5, 0.6) is 0 Å². The Morgan fingerprint density at radius 3 is 2.67 bits per heavy atom. The van der Waals surface area contributed by atoms with Gasteiger partial charge in [0.05, 0.1) is 6.54 Å². The van der Waals surface area contributed by atoms with Crippen LogP contribution in [0.25, 0.3) is 0 Å². The summed E-state index contributed by atoms with van der Waals surface area (Å²) >= 11 is 5.80. The van der Waals surface area contributed by atoms with Crippen molar-refractivity contribution in [3.63, 3.8) is 0 Å². The van der Waals surface area contributed by atoms with Crippen LogP contribution in [0, 0.1) is 0 Å². The highest BCUT2D eigenvalue weighted by Crippen LogP contribution is 2.13. The molecule has 2 nitrogen and oxygen atoms in total. The summed E-state index contributed by atoms with van der Waals surface area (Å²) in [5.74, 6) is 0.270. The molecule has 0 radical (unpaired) electrons. The molecule has 1 aliphatic heterocycles. The first-order chi connectivity index (χ1) is 7.24. The van der Waals surface area contributed by atoms with E-state index in [0.29, 0.717) is 13.0 Å². The maximum absolute atomic E-state index is 11.2. The maximum atomic E-state index is 11.2. The van der Waals surface area contributed by atoms with Gasteiger partial charge in [-0.2, -0.15) is 0 Å². The van der Waals surface area contributed by atoms with Gasteiger partial charge in [-0.25, -0.2) is 0 Å². The predicted molar refractivity (Wildman–Crippen MR) is 60.6 cm³/mol. The first-order valence-corrected chi connectivity index (χ1v) is 5.29. The quantitative estimate of drug-likeness (QED) is 0.765. The molecule has 0 amide bonds. The van der Waals surface area contributed by atoms with Crippen LogP contribution in [0.1, 0.15) is 12.0 Å². The number of benzene rings is 1. The van der Waals surface area contributed by atoms with Gasteiger partial charge in [0.2, 0.25) is 0 Å². The summed E-state index contributed by atoms with van der Waals surface area (Å²) in [4.78, 5) is 13.2. The maximum Gasteiger partial charge on any atom is 0.155 e. The van der Waals surface area contributed by atoms with E-state index in [1.165, 1.54) is 5.56 Å². The molecule has 1 heterocycles. The number of allylic oxidation sites excluding steroid dienone is 1. The third-order valence-corrected chi connectivity index (χ3v) is 2.59. The normalized spacial score (nSPS) is 15.8. The third kappa shape index (κ3) is 2.83. The summed E-state index contributed by atoms with van der Waals surface area (Å²) in [5, 5.41) is 0.740. The number of rotatable bonds is 2. The SMILES string of the molecule is O=C1CC=CN(Cc2ccc(Cl)cc2)C1. The molecule has 0 aromatic heterocycles. The number of ketones is 1. The van der Waals surface area contributed by atoms with E-state index in [9.17, 15) is 4.79 Å². The van der Waals surface area contributed by atoms with E-state index < -0.39 is 0 Å². The monoisotopic (exact) mass is 221 g/mol. The van der Waals surface area contributed by atoms with E-state index in [1.807, 2.05) is 41.4 Å². The van der Waals surface area contributed by atoms with E-state index in [0.717, 1.165) is 11.6 Å². The van der Waals surface area contributed by atoms with Crippen LogP contribution < -0.4 is 0 Å². The predicted octanol–water partition coefficient (Wildman–Crippen LogP) is 2.63. The summed E-state index contributed by atoms with van der Waals surface area (Å²) in [6, 6.07) is 7.70. The molecule has 0 spiro atoms. The highest BCUT2D eigenvalue weighted by atomic mass is 35.5. The molecule has 1 aromatic carbocycles. The summed E-state index contributed by atoms with van der Waals surface area (Å²) in [5.41, 5.74) is 1.17. The lowest BCUT2D eigenvalue weighted by Gasteiger charge is -2.22. The standard InChI is InChI=1S/C12H12ClNO/c13-11-5-3-10(4-6-11)8-14-7-1-2-12(15)9-14/h1,3-7H,2,8-9H2. The Morgan fingerprint density at radius 2 is 2.00 bits per heavy atom. The number of hydrogen-bond donors (Lipinski definition) is 0. The van der Waals surface area contributed by atoms with Crippen LogP contribution in [-0.2, 0) is 11.3 Å². The molecule has 0 saturated heterocycles. The number of hydrogen-bond acceptors (Lipinski definition) is 2. The van der Waals surface area contributed by atoms with E-state index >= 15 is 0 Å². The van der Waals surface area contributed by atoms with E-state index in [1.54, 1.807) is 0 Å². The van der Waals surface area contributed by atoms with E-state index in [-0.39, 0.29) is 5.78 Å². The van der Waals surface area contributed by atoms with Gasteiger partial charge in [-0.1, -0.05) is 29.8 Å². The number of carbonyl (C=O) groups excluding carboxylic acids is 1. The molecule has 15 heavy (non-hydrogen) atoms. The molecule has 2 rings (SSSR count). The smallest absolute Gasteiger partial charge is 0.155 e. The molecule has 0 fully saturated rings. The van der Waals surface area contributed by atoms with Crippen LogP contribution in [0.15, 0.2) is 36.5 Å². The van der Waals surface area contributed by atoms with Crippen molar-refractivity contribution in [3.8, 4) is 0 Å². The molecule has 0 atom stereocenters. The Balaban J connectivity index is 2.02. The van der Waals surface area contributed by atoms with Crippen molar-refractivity contribution >= 4 is 17.4 Å². The zero-order valence-corrected chi connectivity index (χ0v) is 9.07. The number of Topliss-reactive ketones (excluding diaryl/α,β-unsaturated/α-hetero) is 1. The first-order valence-electron chi connectivity index (χ1n) is 4.91.